The van der Waals surface area contributed by atoms with Crippen LogP contribution in [0.4, 0.5) is 10.1 Å². The topological polar surface area (TPSA) is 48.7 Å². The summed E-state index contributed by atoms with van der Waals surface area (Å²) in [6.07, 6.45) is 1.55. The average molecular weight is 227 g/mol. The zero-order chi connectivity index (χ0) is 12.1. The Morgan fingerprint density at radius 2 is 2.06 bits per heavy atom. The maximum absolute atomic E-state index is 13.3. The van der Waals surface area contributed by atoms with E-state index in [4.69, 9.17) is 5.26 Å². The van der Waals surface area contributed by atoms with E-state index < -0.39 is 0 Å². The zero-order valence-electron chi connectivity index (χ0n) is 9.02. The van der Waals surface area contributed by atoms with Crippen molar-refractivity contribution in [3.8, 4) is 6.07 Å². The molecule has 0 unspecified atom stereocenters. The predicted octanol–water partition coefficient (Wildman–Crippen LogP) is 2.70. The molecule has 2 rings (SSSR count). The molecule has 1 aromatic carbocycles. The van der Waals surface area contributed by atoms with Crippen LogP contribution in [0.15, 0.2) is 42.6 Å². The van der Waals surface area contributed by atoms with E-state index >= 15 is 0 Å². The number of anilines is 1. The van der Waals surface area contributed by atoms with E-state index in [1.54, 1.807) is 36.5 Å². The lowest BCUT2D eigenvalue weighted by molar-refractivity contribution is 0.613. The predicted molar refractivity (Wildman–Crippen MR) is 62.7 cm³/mol. The SMILES string of the molecule is N#Cc1ccc(NCc2ccccc2F)cn1. The third-order valence-corrected chi connectivity index (χ3v) is 2.32. The van der Waals surface area contributed by atoms with Crippen LogP contribution in [0.1, 0.15) is 11.3 Å². The molecule has 0 aliphatic carbocycles. The van der Waals surface area contributed by atoms with Gasteiger partial charge < -0.3 is 5.32 Å². The van der Waals surface area contributed by atoms with Gasteiger partial charge in [-0.05, 0) is 18.2 Å². The highest BCUT2D eigenvalue weighted by Gasteiger charge is 2.00. The van der Waals surface area contributed by atoms with Crippen molar-refractivity contribution in [1.29, 1.82) is 5.26 Å². The summed E-state index contributed by atoms with van der Waals surface area (Å²) in [5, 5.41) is 11.6. The van der Waals surface area contributed by atoms with E-state index in [0.29, 0.717) is 17.8 Å². The first-order chi connectivity index (χ1) is 8.29. The van der Waals surface area contributed by atoms with Gasteiger partial charge >= 0.3 is 0 Å². The van der Waals surface area contributed by atoms with Crippen molar-refractivity contribution in [3.05, 3.63) is 59.7 Å². The van der Waals surface area contributed by atoms with E-state index in [9.17, 15) is 4.39 Å². The molecule has 3 nitrogen and oxygen atoms in total. The molecule has 0 atom stereocenters. The lowest BCUT2D eigenvalue weighted by Gasteiger charge is -2.06. The minimum Gasteiger partial charge on any atom is -0.380 e. The highest BCUT2D eigenvalue weighted by Crippen LogP contribution is 2.11. The van der Waals surface area contributed by atoms with Crippen LogP contribution < -0.4 is 5.32 Å². The summed E-state index contributed by atoms with van der Waals surface area (Å²) in [5.74, 6) is -0.235. The second-order valence-electron chi connectivity index (χ2n) is 3.49. The normalized spacial score (nSPS) is 9.65. The first kappa shape index (κ1) is 11.1. The second kappa shape index (κ2) is 5.08. The summed E-state index contributed by atoms with van der Waals surface area (Å²) >= 11 is 0. The van der Waals surface area contributed by atoms with Crippen LogP contribution >= 0.6 is 0 Å². The van der Waals surface area contributed by atoms with Crippen molar-refractivity contribution in [2.45, 2.75) is 6.54 Å². The fourth-order valence-corrected chi connectivity index (χ4v) is 1.40. The third kappa shape index (κ3) is 2.79. The highest BCUT2D eigenvalue weighted by atomic mass is 19.1. The van der Waals surface area contributed by atoms with Gasteiger partial charge in [0.2, 0.25) is 0 Å². The number of hydrogen-bond donors (Lipinski definition) is 1. The van der Waals surface area contributed by atoms with Gasteiger partial charge in [-0.1, -0.05) is 18.2 Å². The number of benzene rings is 1. The van der Waals surface area contributed by atoms with Crippen LogP contribution in [-0.4, -0.2) is 4.98 Å². The molecule has 2 aromatic rings. The molecule has 17 heavy (non-hydrogen) atoms. The van der Waals surface area contributed by atoms with E-state index in [1.807, 2.05) is 6.07 Å². The van der Waals surface area contributed by atoms with Gasteiger partial charge in [-0.3, -0.25) is 0 Å². The Kier molecular flexibility index (Phi) is 3.31. The van der Waals surface area contributed by atoms with Crippen LogP contribution in [-0.2, 0) is 6.54 Å². The quantitative estimate of drug-likeness (QED) is 0.877. The number of nitrogens with zero attached hydrogens (tertiary/aromatic N) is 2. The molecule has 0 fully saturated rings. The third-order valence-electron chi connectivity index (χ3n) is 2.32. The molecule has 1 heterocycles. The number of nitrogens with one attached hydrogen (secondary N) is 1. The summed E-state index contributed by atoms with van der Waals surface area (Å²) in [7, 11) is 0. The van der Waals surface area contributed by atoms with Crippen LogP contribution in [0.2, 0.25) is 0 Å². The Morgan fingerprint density at radius 1 is 1.24 bits per heavy atom. The molecule has 4 heteroatoms. The largest absolute Gasteiger partial charge is 0.380 e. The lowest BCUT2D eigenvalue weighted by Crippen LogP contribution is -2.02. The lowest BCUT2D eigenvalue weighted by atomic mass is 10.2. The van der Waals surface area contributed by atoms with Gasteiger partial charge in [0, 0.05) is 12.1 Å². The molecular weight excluding hydrogens is 217 g/mol. The molecule has 0 spiro atoms. The first-order valence-corrected chi connectivity index (χ1v) is 5.13. The number of rotatable bonds is 3. The molecule has 0 aliphatic rings. The van der Waals surface area contributed by atoms with Crippen LogP contribution in [0.3, 0.4) is 0 Å². The number of pyridine rings is 1. The van der Waals surface area contributed by atoms with E-state index in [1.165, 1.54) is 6.07 Å². The van der Waals surface area contributed by atoms with E-state index in [-0.39, 0.29) is 5.82 Å². The first-order valence-electron chi connectivity index (χ1n) is 5.13. The minimum atomic E-state index is -0.235. The van der Waals surface area contributed by atoms with Crippen LogP contribution in [0, 0.1) is 17.1 Å². The molecule has 0 bridgehead atoms. The van der Waals surface area contributed by atoms with Gasteiger partial charge in [-0.15, -0.1) is 0 Å². The van der Waals surface area contributed by atoms with Gasteiger partial charge in [-0.25, -0.2) is 9.37 Å². The number of hydrogen-bond acceptors (Lipinski definition) is 3. The van der Waals surface area contributed by atoms with Gasteiger partial charge in [0.25, 0.3) is 0 Å². The van der Waals surface area contributed by atoms with Crippen molar-refractivity contribution in [2.24, 2.45) is 0 Å². The zero-order valence-corrected chi connectivity index (χ0v) is 9.02. The van der Waals surface area contributed by atoms with Crippen LogP contribution in [0.5, 0.6) is 0 Å². The fourth-order valence-electron chi connectivity index (χ4n) is 1.40. The molecule has 1 aromatic heterocycles. The van der Waals surface area contributed by atoms with Gasteiger partial charge in [0.05, 0.1) is 11.9 Å². The number of aromatic nitrogens is 1. The standard InChI is InChI=1S/C13H10FN3/c14-13-4-2-1-3-10(13)8-16-12-6-5-11(7-15)17-9-12/h1-6,9,16H,8H2. The Balaban J connectivity index is 2.03. The number of nitriles is 1. The second-order valence-corrected chi connectivity index (χ2v) is 3.49. The minimum absolute atomic E-state index is 0.235. The molecule has 1 N–H and O–H groups in total. The smallest absolute Gasteiger partial charge is 0.140 e. The summed E-state index contributed by atoms with van der Waals surface area (Å²) < 4.78 is 13.3. The van der Waals surface area contributed by atoms with E-state index in [2.05, 4.69) is 10.3 Å². The fraction of sp³-hybridized carbons (Fsp3) is 0.0769. The Bertz CT molecular complexity index is 543. The monoisotopic (exact) mass is 227 g/mol. The van der Waals surface area contributed by atoms with E-state index in [0.717, 1.165) is 5.69 Å². The molecule has 0 amide bonds. The van der Waals surface area contributed by atoms with Crippen molar-refractivity contribution in [3.63, 3.8) is 0 Å². The van der Waals surface area contributed by atoms with Gasteiger partial charge in [0.1, 0.15) is 17.6 Å². The maximum Gasteiger partial charge on any atom is 0.140 e. The van der Waals surface area contributed by atoms with Crippen molar-refractivity contribution < 1.29 is 4.39 Å². The van der Waals surface area contributed by atoms with Gasteiger partial charge in [0.15, 0.2) is 0 Å². The van der Waals surface area contributed by atoms with Gasteiger partial charge in [-0.2, -0.15) is 5.26 Å². The Hall–Kier alpha value is -2.41. The molecular formula is C13H10FN3. The highest BCUT2D eigenvalue weighted by molar-refractivity contribution is 5.43. The number of halogens is 1. The average Bonchev–Trinajstić information content (AvgIpc) is 2.38. The Morgan fingerprint density at radius 3 is 2.71 bits per heavy atom. The van der Waals surface area contributed by atoms with Crippen molar-refractivity contribution >= 4 is 5.69 Å². The van der Waals surface area contributed by atoms with Crippen LogP contribution in [0.25, 0.3) is 0 Å². The molecule has 0 saturated heterocycles. The Labute approximate surface area is 98.5 Å². The molecule has 0 saturated carbocycles. The van der Waals surface area contributed by atoms with Crippen molar-refractivity contribution in [1.82, 2.24) is 4.98 Å². The summed E-state index contributed by atoms with van der Waals surface area (Å²) in [6, 6.07) is 11.9. The van der Waals surface area contributed by atoms with Crippen molar-refractivity contribution in [2.75, 3.05) is 5.32 Å². The molecule has 0 radical (unpaired) electrons. The molecule has 0 aliphatic heterocycles. The summed E-state index contributed by atoms with van der Waals surface area (Å²) in [6.45, 7) is 0.389. The maximum atomic E-state index is 13.3. The summed E-state index contributed by atoms with van der Waals surface area (Å²) in [5.41, 5.74) is 1.71. The molecule has 84 valence electrons. The summed E-state index contributed by atoms with van der Waals surface area (Å²) in [4.78, 5) is 3.91.